The predicted molar refractivity (Wildman–Crippen MR) is 107 cm³/mol. The fourth-order valence-electron chi connectivity index (χ4n) is 2.28. The minimum Gasteiger partial charge on any atom is -0.480 e. The van der Waals surface area contributed by atoms with Gasteiger partial charge in [0.05, 0.1) is 6.16 Å². The van der Waals surface area contributed by atoms with Gasteiger partial charge in [-0.2, -0.15) is 0 Å². The van der Waals surface area contributed by atoms with E-state index in [1.807, 2.05) is 6.92 Å². The first-order valence-electron chi connectivity index (χ1n) is 8.92. The maximum Gasteiger partial charge on any atom is 0.328 e. The van der Waals surface area contributed by atoms with Crippen molar-refractivity contribution < 1.29 is 29.0 Å². The molecular weight excluding hydrogens is 369 g/mol. The van der Waals surface area contributed by atoms with E-state index < -0.39 is 31.7 Å². The molecule has 8 heteroatoms. The molecule has 0 rings (SSSR count). The van der Waals surface area contributed by atoms with Gasteiger partial charge in [0, 0.05) is 6.42 Å². The van der Waals surface area contributed by atoms with E-state index in [9.17, 15) is 14.2 Å². The first-order valence-corrected chi connectivity index (χ1v) is 10.7. The Morgan fingerprint density at radius 3 is 1.96 bits per heavy atom. The van der Waals surface area contributed by atoms with Gasteiger partial charge in [-0.25, -0.2) is 4.79 Å². The molecule has 0 aromatic rings. The molecule has 0 aromatic carbocycles. The van der Waals surface area contributed by atoms with E-state index in [0.29, 0.717) is 0 Å². The zero-order valence-electron chi connectivity index (χ0n) is 16.6. The lowest BCUT2D eigenvalue weighted by atomic mass is 10.1. The maximum atomic E-state index is 11.8. The van der Waals surface area contributed by atoms with Crippen molar-refractivity contribution in [1.82, 2.24) is 5.32 Å². The molecule has 0 aliphatic rings. The largest absolute Gasteiger partial charge is 0.480 e. The fraction of sp³-hybridized carbons (Fsp3) is 0.579. The highest BCUT2D eigenvalue weighted by atomic mass is 31.2. The second-order valence-electron chi connectivity index (χ2n) is 6.97. The van der Waals surface area contributed by atoms with Crippen LogP contribution in [0.1, 0.15) is 59.8 Å². The summed E-state index contributed by atoms with van der Waals surface area (Å²) in [5.74, 6) is -2.05. The third-order valence-electron chi connectivity index (χ3n) is 3.81. The number of carboxylic acids is 1. The van der Waals surface area contributed by atoms with Crippen LogP contribution in [-0.2, 0) is 14.2 Å². The Hall–Kier alpha value is -1.69. The minimum absolute atomic E-state index is 0.0277. The molecular formula is C19H32NO6P. The molecule has 27 heavy (non-hydrogen) atoms. The number of carbonyl (C=O) groups is 2. The normalized spacial score (nSPS) is 13.9. The molecule has 1 atom stereocenters. The summed E-state index contributed by atoms with van der Waals surface area (Å²) in [7, 11) is -4.53. The average molecular weight is 401 g/mol. The number of aliphatic carboxylic acids is 1. The van der Waals surface area contributed by atoms with Crippen LogP contribution in [0.2, 0.25) is 0 Å². The van der Waals surface area contributed by atoms with Gasteiger partial charge in [0.1, 0.15) is 6.04 Å². The molecule has 154 valence electrons. The molecule has 7 nitrogen and oxygen atoms in total. The van der Waals surface area contributed by atoms with Crippen LogP contribution in [-0.4, -0.2) is 39.0 Å². The lowest BCUT2D eigenvalue weighted by Crippen LogP contribution is -2.43. The van der Waals surface area contributed by atoms with Gasteiger partial charge in [0.15, 0.2) is 0 Å². The molecule has 0 saturated heterocycles. The Morgan fingerprint density at radius 2 is 1.48 bits per heavy atom. The number of nitrogens with one attached hydrogen (secondary N) is 1. The monoisotopic (exact) mass is 401 g/mol. The van der Waals surface area contributed by atoms with E-state index in [0.717, 1.165) is 31.3 Å². The van der Waals surface area contributed by atoms with Gasteiger partial charge in [-0.1, -0.05) is 34.9 Å². The van der Waals surface area contributed by atoms with Crippen molar-refractivity contribution in [2.45, 2.75) is 65.8 Å². The Balaban J connectivity index is 4.39. The van der Waals surface area contributed by atoms with Crippen molar-refractivity contribution in [3.05, 3.63) is 34.9 Å². The van der Waals surface area contributed by atoms with Crippen molar-refractivity contribution in [2.24, 2.45) is 0 Å². The third kappa shape index (κ3) is 15.1. The zero-order valence-corrected chi connectivity index (χ0v) is 17.5. The Kier molecular flexibility index (Phi) is 11.9. The summed E-state index contributed by atoms with van der Waals surface area (Å²) >= 11 is 0. The van der Waals surface area contributed by atoms with E-state index in [1.54, 1.807) is 6.08 Å². The molecule has 0 bridgehead atoms. The quantitative estimate of drug-likeness (QED) is 0.293. The first-order chi connectivity index (χ1) is 12.4. The topological polar surface area (TPSA) is 124 Å². The smallest absolute Gasteiger partial charge is 0.328 e. The molecule has 0 aliphatic heterocycles. The molecule has 0 radical (unpaired) electrons. The van der Waals surface area contributed by atoms with E-state index >= 15 is 0 Å². The molecule has 0 unspecified atom stereocenters. The van der Waals surface area contributed by atoms with Crippen LogP contribution < -0.4 is 5.32 Å². The summed E-state index contributed by atoms with van der Waals surface area (Å²) in [6.45, 7) is 8.14. The summed E-state index contributed by atoms with van der Waals surface area (Å²) in [6, 6.07) is -1.60. The van der Waals surface area contributed by atoms with Crippen molar-refractivity contribution in [2.75, 3.05) is 6.16 Å². The van der Waals surface area contributed by atoms with Gasteiger partial charge < -0.3 is 20.2 Å². The Bertz CT molecular complexity index is 641. The fourth-order valence-corrected chi connectivity index (χ4v) is 3.01. The molecule has 1 amide bonds. The number of carboxylic acid groups (broad SMARTS) is 1. The van der Waals surface area contributed by atoms with Crippen LogP contribution in [0.3, 0.4) is 0 Å². The van der Waals surface area contributed by atoms with Gasteiger partial charge in [-0.05, 0) is 53.4 Å². The second kappa shape index (κ2) is 12.7. The summed E-state index contributed by atoms with van der Waals surface area (Å²) in [5.41, 5.74) is 3.63. The molecule has 0 saturated carbocycles. The van der Waals surface area contributed by atoms with Gasteiger partial charge in [0.2, 0.25) is 5.91 Å². The number of hydrogen-bond acceptors (Lipinski definition) is 3. The zero-order chi connectivity index (χ0) is 21.0. The van der Waals surface area contributed by atoms with E-state index in [2.05, 4.69) is 38.2 Å². The third-order valence-corrected chi connectivity index (χ3v) is 4.65. The molecule has 0 aromatic heterocycles. The average Bonchev–Trinajstić information content (AvgIpc) is 2.50. The minimum atomic E-state index is -4.53. The van der Waals surface area contributed by atoms with Crippen molar-refractivity contribution in [3.63, 3.8) is 0 Å². The highest BCUT2D eigenvalue weighted by Crippen LogP contribution is 2.34. The van der Waals surface area contributed by atoms with E-state index in [-0.39, 0.29) is 6.42 Å². The lowest BCUT2D eigenvalue weighted by molar-refractivity contribution is -0.141. The van der Waals surface area contributed by atoms with Crippen LogP contribution in [0.15, 0.2) is 34.9 Å². The predicted octanol–water partition coefficient (Wildman–Crippen LogP) is 3.54. The maximum absolute atomic E-state index is 11.8. The number of rotatable bonds is 12. The van der Waals surface area contributed by atoms with Crippen LogP contribution in [0.25, 0.3) is 0 Å². The summed E-state index contributed by atoms with van der Waals surface area (Å²) in [6.07, 6.45) is 8.84. The van der Waals surface area contributed by atoms with Crippen LogP contribution in [0.5, 0.6) is 0 Å². The van der Waals surface area contributed by atoms with Crippen molar-refractivity contribution >= 4 is 19.5 Å². The Morgan fingerprint density at radius 1 is 0.963 bits per heavy atom. The van der Waals surface area contributed by atoms with Gasteiger partial charge in [0.25, 0.3) is 0 Å². The summed E-state index contributed by atoms with van der Waals surface area (Å²) in [5, 5.41) is 11.1. The van der Waals surface area contributed by atoms with Crippen molar-refractivity contribution in [1.29, 1.82) is 0 Å². The Labute approximate surface area is 161 Å². The number of amides is 1. The van der Waals surface area contributed by atoms with Gasteiger partial charge in [-0.15, -0.1) is 0 Å². The summed E-state index contributed by atoms with van der Waals surface area (Å²) in [4.78, 5) is 40.5. The number of carbonyl (C=O) groups excluding carboxylic acids is 1. The summed E-state index contributed by atoms with van der Waals surface area (Å²) < 4.78 is 10.9. The number of allylic oxidation sites excluding steroid dienone is 5. The molecule has 4 N–H and O–H groups in total. The molecule has 0 aliphatic carbocycles. The van der Waals surface area contributed by atoms with E-state index in [1.165, 1.54) is 11.1 Å². The standard InChI is InChI=1S/C19H32NO6P/c1-14(2)7-5-8-15(3)9-6-10-16(4)11-12-18(21)20-17(19(22)23)13-27(24,25)26/h7,9,11,17H,5-6,8,10,12-13H2,1-4H3,(H,20,21)(H,22,23)(H2,24,25,26)/b15-9+,16-11+/t17-/m0/s1. The first kappa shape index (κ1) is 25.3. The van der Waals surface area contributed by atoms with Gasteiger partial charge in [-0.3, -0.25) is 9.36 Å². The highest BCUT2D eigenvalue weighted by Gasteiger charge is 2.28. The number of hydrogen-bond donors (Lipinski definition) is 4. The molecule has 0 spiro atoms. The van der Waals surface area contributed by atoms with Gasteiger partial charge >= 0.3 is 13.6 Å². The second-order valence-corrected chi connectivity index (χ2v) is 8.66. The highest BCUT2D eigenvalue weighted by molar-refractivity contribution is 7.51. The van der Waals surface area contributed by atoms with Crippen LogP contribution >= 0.6 is 7.60 Å². The van der Waals surface area contributed by atoms with Crippen LogP contribution in [0, 0.1) is 0 Å². The van der Waals surface area contributed by atoms with E-state index in [4.69, 9.17) is 14.9 Å². The van der Waals surface area contributed by atoms with Crippen LogP contribution in [0.4, 0.5) is 0 Å². The van der Waals surface area contributed by atoms with Crippen molar-refractivity contribution in [3.8, 4) is 0 Å². The molecule has 0 heterocycles. The SMILES string of the molecule is CC(C)=CCC/C(C)=C/CC/C(C)=C/CC(=O)N[C@@H](CP(=O)(O)O)C(=O)O. The lowest BCUT2D eigenvalue weighted by Gasteiger charge is -2.14. The molecule has 0 fully saturated rings.